The first kappa shape index (κ1) is 14.3. The van der Waals surface area contributed by atoms with Gasteiger partial charge in [-0.3, -0.25) is 14.8 Å². The summed E-state index contributed by atoms with van der Waals surface area (Å²) < 4.78 is 25.0. The monoisotopic (exact) mass is 280 g/mol. The smallest absolute Gasteiger partial charge is 0.255 e. The van der Waals surface area contributed by atoms with Crippen molar-refractivity contribution < 1.29 is 13.6 Å². The lowest BCUT2D eigenvalue weighted by Gasteiger charge is -2.21. The molecule has 2 rings (SSSR count). The van der Waals surface area contributed by atoms with Crippen LogP contribution in [-0.4, -0.2) is 46.8 Å². The second kappa shape index (κ2) is 6.33. The number of nitrogens with zero attached hydrogens (tertiary/aromatic N) is 3. The molecule has 0 radical (unpaired) electrons. The van der Waals surface area contributed by atoms with Gasteiger partial charge in [-0.25, -0.2) is 8.78 Å². The summed E-state index contributed by atoms with van der Waals surface area (Å²) >= 11 is 0. The molecule has 0 aliphatic carbocycles. The van der Waals surface area contributed by atoms with Gasteiger partial charge in [-0.05, 0) is 18.2 Å². The lowest BCUT2D eigenvalue weighted by molar-refractivity contribution is 0.0563. The highest BCUT2D eigenvalue weighted by molar-refractivity contribution is 5.97. The number of hydrogen-bond acceptors (Lipinski definition) is 4. The van der Waals surface area contributed by atoms with Crippen LogP contribution in [0, 0.1) is 0 Å². The van der Waals surface area contributed by atoms with Crippen LogP contribution >= 0.6 is 0 Å². The maximum atomic E-state index is 12.5. The molecule has 1 heterocycles. The molecular weight excluding hydrogens is 266 g/mol. The van der Waals surface area contributed by atoms with Crippen LogP contribution in [0.5, 0.6) is 0 Å². The molecule has 0 spiro atoms. The number of nitrogens with two attached hydrogens (primary N) is 1. The second-order valence-electron chi connectivity index (χ2n) is 4.19. The molecule has 7 heteroatoms. The van der Waals surface area contributed by atoms with Gasteiger partial charge in [0.25, 0.3) is 12.3 Å². The van der Waals surface area contributed by atoms with Crippen LogP contribution in [0.2, 0.25) is 0 Å². The second-order valence-corrected chi connectivity index (χ2v) is 4.19. The van der Waals surface area contributed by atoms with Crippen LogP contribution in [0.25, 0.3) is 11.0 Å². The van der Waals surface area contributed by atoms with E-state index in [-0.39, 0.29) is 13.1 Å². The van der Waals surface area contributed by atoms with Gasteiger partial charge in [0.15, 0.2) is 0 Å². The number of alkyl halides is 2. The fourth-order valence-corrected chi connectivity index (χ4v) is 1.88. The van der Waals surface area contributed by atoms with E-state index >= 15 is 0 Å². The maximum Gasteiger partial charge on any atom is 0.255 e. The van der Waals surface area contributed by atoms with Gasteiger partial charge in [-0.1, -0.05) is 0 Å². The van der Waals surface area contributed by atoms with Crippen molar-refractivity contribution in [2.24, 2.45) is 5.73 Å². The Kier molecular flexibility index (Phi) is 4.52. The van der Waals surface area contributed by atoms with Gasteiger partial charge in [0.05, 0.1) is 17.6 Å². The third kappa shape index (κ3) is 3.24. The van der Waals surface area contributed by atoms with E-state index in [0.29, 0.717) is 16.6 Å². The van der Waals surface area contributed by atoms with Crippen LogP contribution in [0.1, 0.15) is 10.4 Å². The standard InChI is InChI=1S/C13H14F2N4O/c14-12(15)8-19(6-3-16)13(20)9-1-2-10-11(7-9)18-5-4-17-10/h1-2,4-5,7,12H,3,6,8,16H2. The SMILES string of the molecule is NCCN(CC(F)F)C(=O)c1ccc2nccnc2c1. The van der Waals surface area contributed by atoms with Gasteiger partial charge in [0, 0.05) is 31.0 Å². The zero-order valence-corrected chi connectivity index (χ0v) is 10.7. The van der Waals surface area contributed by atoms with Crippen molar-refractivity contribution in [2.75, 3.05) is 19.6 Å². The Hall–Kier alpha value is -2.15. The summed E-state index contributed by atoms with van der Waals surface area (Å²) in [6, 6.07) is 4.73. The van der Waals surface area contributed by atoms with E-state index in [1.807, 2.05) is 0 Å². The Morgan fingerprint density at radius 2 is 1.95 bits per heavy atom. The first-order chi connectivity index (χ1) is 9.61. The number of carbonyl (C=O) groups is 1. The Morgan fingerprint density at radius 3 is 2.60 bits per heavy atom. The Morgan fingerprint density at radius 1 is 1.25 bits per heavy atom. The van der Waals surface area contributed by atoms with Gasteiger partial charge in [-0.15, -0.1) is 0 Å². The number of aromatic nitrogens is 2. The molecular formula is C13H14F2N4O. The molecule has 1 amide bonds. The molecule has 2 N–H and O–H groups in total. The first-order valence-corrected chi connectivity index (χ1v) is 6.10. The number of benzene rings is 1. The van der Waals surface area contributed by atoms with Gasteiger partial charge in [0.1, 0.15) is 0 Å². The molecule has 0 atom stereocenters. The van der Waals surface area contributed by atoms with Crippen LogP contribution in [-0.2, 0) is 0 Å². The lowest BCUT2D eigenvalue weighted by atomic mass is 10.1. The third-order valence-corrected chi connectivity index (χ3v) is 2.76. The van der Waals surface area contributed by atoms with Crippen molar-refractivity contribution in [3.63, 3.8) is 0 Å². The fourth-order valence-electron chi connectivity index (χ4n) is 1.88. The summed E-state index contributed by atoms with van der Waals surface area (Å²) in [5.74, 6) is -0.483. The number of carbonyl (C=O) groups excluding carboxylic acids is 1. The van der Waals surface area contributed by atoms with E-state index in [9.17, 15) is 13.6 Å². The summed E-state index contributed by atoms with van der Waals surface area (Å²) in [7, 11) is 0. The molecule has 0 saturated heterocycles. The molecule has 20 heavy (non-hydrogen) atoms. The van der Waals surface area contributed by atoms with Crippen LogP contribution in [0.15, 0.2) is 30.6 Å². The summed E-state index contributed by atoms with van der Waals surface area (Å²) in [6.45, 7) is -0.415. The molecule has 0 fully saturated rings. The Bertz CT molecular complexity index is 606. The topological polar surface area (TPSA) is 72.1 Å². The molecule has 0 saturated carbocycles. The highest BCUT2D eigenvalue weighted by Gasteiger charge is 2.19. The number of amides is 1. The van der Waals surface area contributed by atoms with E-state index in [1.165, 1.54) is 6.20 Å². The van der Waals surface area contributed by atoms with Crippen molar-refractivity contribution in [3.8, 4) is 0 Å². The molecule has 0 unspecified atom stereocenters. The molecule has 106 valence electrons. The van der Waals surface area contributed by atoms with Gasteiger partial charge >= 0.3 is 0 Å². The predicted octanol–water partition coefficient (Wildman–Crippen LogP) is 1.30. The number of fused-ring (bicyclic) bond motifs is 1. The highest BCUT2D eigenvalue weighted by Crippen LogP contribution is 2.13. The van der Waals surface area contributed by atoms with Crippen molar-refractivity contribution in [3.05, 3.63) is 36.2 Å². The number of halogens is 2. The van der Waals surface area contributed by atoms with Crippen LogP contribution in [0.4, 0.5) is 8.78 Å². The molecule has 2 aromatic rings. The Labute approximate surface area is 114 Å². The van der Waals surface area contributed by atoms with Gasteiger partial charge in [0.2, 0.25) is 0 Å². The lowest BCUT2D eigenvalue weighted by Crippen LogP contribution is -2.38. The van der Waals surface area contributed by atoms with Crippen molar-refractivity contribution in [2.45, 2.75) is 6.43 Å². The minimum absolute atomic E-state index is 0.0850. The summed E-state index contributed by atoms with van der Waals surface area (Å²) in [6.07, 6.45) is 0.458. The molecule has 1 aromatic heterocycles. The number of rotatable bonds is 5. The fraction of sp³-hybridized carbons (Fsp3) is 0.308. The number of hydrogen-bond donors (Lipinski definition) is 1. The zero-order valence-electron chi connectivity index (χ0n) is 10.7. The highest BCUT2D eigenvalue weighted by atomic mass is 19.3. The van der Waals surface area contributed by atoms with Crippen molar-refractivity contribution in [1.82, 2.24) is 14.9 Å². The van der Waals surface area contributed by atoms with Gasteiger partial charge < -0.3 is 10.6 Å². The predicted molar refractivity (Wildman–Crippen MR) is 70.5 cm³/mol. The van der Waals surface area contributed by atoms with Crippen molar-refractivity contribution in [1.29, 1.82) is 0 Å². The summed E-state index contributed by atoms with van der Waals surface area (Å²) in [5, 5.41) is 0. The van der Waals surface area contributed by atoms with E-state index < -0.39 is 18.9 Å². The summed E-state index contributed by atoms with van der Waals surface area (Å²) in [5.41, 5.74) is 6.84. The average molecular weight is 280 g/mol. The van der Waals surface area contributed by atoms with E-state index in [2.05, 4.69) is 9.97 Å². The average Bonchev–Trinajstić information content (AvgIpc) is 2.45. The molecule has 1 aromatic carbocycles. The first-order valence-electron chi connectivity index (χ1n) is 6.10. The van der Waals surface area contributed by atoms with E-state index in [0.717, 1.165) is 4.90 Å². The van der Waals surface area contributed by atoms with Crippen LogP contribution < -0.4 is 5.73 Å². The zero-order chi connectivity index (χ0) is 14.5. The van der Waals surface area contributed by atoms with E-state index in [1.54, 1.807) is 24.4 Å². The quantitative estimate of drug-likeness (QED) is 0.896. The maximum absolute atomic E-state index is 12.5. The molecule has 0 bridgehead atoms. The normalized spacial score (nSPS) is 11.0. The summed E-state index contributed by atoms with van der Waals surface area (Å²) in [4.78, 5) is 21.4. The molecule has 5 nitrogen and oxygen atoms in total. The third-order valence-electron chi connectivity index (χ3n) is 2.76. The van der Waals surface area contributed by atoms with E-state index in [4.69, 9.17) is 5.73 Å². The van der Waals surface area contributed by atoms with Crippen LogP contribution in [0.3, 0.4) is 0 Å². The largest absolute Gasteiger partial charge is 0.332 e. The van der Waals surface area contributed by atoms with Crippen molar-refractivity contribution >= 4 is 16.9 Å². The van der Waals surface area contributed by atoms with Gasteiger partial charge in [-0.2, -0.15) is 0 Å². The molecule has 0 aliphatic heterocycles. The molecule has 0 aliphatic rings. The Balaban J connectivity index is 2.28. The minimum Gasteiger partial charge on any atom is -0.332 e. The minimum atomic E-state index is -2.59.